The van der Waals surface area contributed by atoms with Gasteiger partial charge in [-0.1, -0.05) is 48.5 Å². The van der Waals surface area contributed by atoms with Crippen LogP contribution < -0.4 is 9.47 Å². The second kappa shape index (κ2) is 7.38. The molecule has 4 heteroatoms. The highest BCUT2D eigenvalue weighted by Crippen LogP contribution is 2.45. The maximum Gasteiger partial charge on any atom is 0.161 e. The molecule has 0 unspecified atom stereocenters. The number of hydrogen-bond acceptors (Lipinski definition) is 4. The van der Waals surface area contributed by atoms with Crippen molar-refractivity contribution < 1.29 is 14.3 Å². The van der Waals surface area contributed by atoms with Crippen LogP contribution in [0.25, 0.3) is 11.1 Å². The van der Waals surface area contributed by atoms with Crippen LogP contribution in [0.15, 0.2) is 65.7 Å². The van der Waals surface area contributed by atoms with Gasteiger partial charge in [-0.15, -0.1) is 0 Å². The van der Waals surface area contributed by atoms with Crippen LogP contribution in [0.3, 0.4) is 0 Å². The van der Waals surface area contributed by atoms with Gasteiger partial charge in [0.1, 0.15) is 0 Å². The van der Waals surface area contributed by atoms with E-state index in [-0.39, 0.29) is 11.7 Å². The molecule has 0 radical (unpaired) electrons. The molecule has 0 spiro atoms. The van der Waals surface area contributed by atoms with E-state index in [1.54, 1.807) is 0 Å². The van der Waals surface area contributed by atoms with E-state index < -0.39 is 0 Å². The molecule has 0 amide bonds. The van der Waals surface area contributed by atoms with Crippen molar-refractivity contribution in [2.24, 2.45) is 4.99 Å². The van der Waals surface area contributed by atoms with Gasteiger partial charge in [0.15, 0.2) is 17.3 Å². The van der Waals surface area contributed by atoms with E-state index in [0.717, 1.165) is 46.7 Å². The van der Waals surface area contributed by atoms with Gasteiger partial charge < -0.3 is 9.47 Å². The molecule has 3 aliphatic rings. The van der Waals surface area contributed by atoms with Crippen molar-refractivity contribution >= 4 is 11.5 Å². The molecule has 2 heterocycles. The Morgan fingerprint density at radius 3 is 2.23 bits per heavy atom. The third kappa shape index (κ3) is 3.05. The van der Waals surface area contributed by atoms with Crippen LogP contribution >= 0.6 is 0 Å². The first-order chi connectivity index (χ1) is 15.3. The fourth-order valence-electron chi connectivity index (χ4n) is 5.04. The summed E-state index contributed by atoms with van der Waals surface area (Å²) in [7, 11) is 0. The Hall–Kier alpha value is -3.40. The van der Waals surface area contributed by atoms with Crippen molar-refractivity contribution in [3.63, 3.8) is 0 Å². The lowest BCUT2D eigenvalue weighted by Gasteiger charge is -2.21. The number of aliphatic imine (C=N–C) groups is 1. The van der Waals surface area contributed by atoms with Crippen molar-refractivity contribution in [3.8, 4) is 22.6 Å². The van der Waals surface area contributed by atoms with Crippen LogP contribution in [-0.4, -0.2) is 31.3 Å². The van der Waals surface area contributed by atoms with Gasteiger partial charge in [0.25, 0.3) is 0 Å². The van der Waals surface area contributed by atoms with Crippen molar-refractivity contribution in [1.82, 2.24) is 0 Å². The van der Waals surface area contributed by atoms with E-state index in [0.29, 0.717) is 26.2 Å². The summed E-state index contributed by atoms with van der Waals surface area (Å²) in [4.78, 5) is 18.4. The molecule has 0 N–H and O–H groups in total. The topological polar surface area (TPSA) is 47.9 Å². The molecule has 6 rings (SSSR count). The number of nitrogens with zero attached hydrogens (tertiary/aromatic N) is 1. The number of ether oxygens (including phenoxy) is 2. The van der Waals surface area contributed by atoms with Gasteiger partial charge in [-0.05, 0) is 46.4 Å². The van der Waals surface area contributed by atoms with Crippen LogP contribution in [0.1, 0.15) is 41.0 Å². The largest absolute Gasteiger partial charge is 0.490 e. The molecule has 2 aliphatic heterocycles. The first-order valence-corrected chi connectivity index (χ1v) is 11.0. The molecular weight excluding hydrogens is 386 g/mol. The lowest BCUT2D eigenvalue weighted by atomic mass is 9.87. The zero-order valence-electron chi connectivity index (χ0n) is 17.3. The standard InChI is InChI=1S/C27H23NO3/c29-24(27-20-8-3-1-6-18(20)19-7-2-4-9-21(19)27)16-23-22-15-26-25(30-12-5-13-31-26)14-17(22)10-11-28-23/h1-4,6-9,14-15,27H,5,10-13,16H2. The summed E-state index contributed by atoms with van der Waals surface area (Å²) in [5, 5.41) is 0. The number of fused-ring (bicyclic) bond motifs is 5. The molecule has 0 bridgehead atoms. The normalized spacial score (nSPS) is 16.6. The summed E-state index contributed by atoms with van der Waals surface area (Å²) in [6.07, 6.45) is 2.05. The van der Waals surface area contributed by atoms with E-state index in [1.165, 1.54) is 16.7 Å². The first kappa shape index (κ1) is 18.4. The molecule has 31 heavy (non-hydrogen) atoms. The predicted molar refractivity (Wildman–Crippen MR) is 121 cm³/mol. The molecule has 3 aromatic carbocycles. The monoisotopic (exact) mass is 409 g/mol. The highest BCUT2D eigenvalue weighted by Gasteiger charge is 2.34. The molecular formula is C27H23NO3. The Labute approximate surface area is 181 Å². The molecule has 1 aliphatic carbocycles. The second-order valence-corrected chi connectivity index (χ2v) is 8.34. The van der Waals surface area contributed by atoms with Crippen LogP contribution in [0, 0.1) is 0 Å². The van der Waals surface area contributed by atoms with Crippen molar-refractivity contribution in [1.29, 1.82) is 0 Å². The molecule has 0 saturated carbocycles. The van der Waals surface area contributed by atoms with Crippen molar-refractivity contribution in [2.75, 3.05) is 19.8 Å². The number of carbonyl (C=O) groups is 1. The fourth-order valence-corrected chi connectivity index (χ4v) is 5.04. The van der Waals surface area contributed by atoms with E-state index in [2.05, 4.69) is 30.3 Å². The van der Waals surface area contributed by atoms with Gasteiger partial charge in [-0.25, -0.2) is 0 Å². The van der Waals surface area contributed by atoms with Crippen LogP contribution in [0.2, 0.25) is 0 Å². The molecule has 154 valence electrons. The maximum atomic E-state index is 13.7. The fraction of sp³-hybridized carbons (Fsp3) is 0.259. The third-order valence-electron chi connectivity index (χ3n) is 6.47. The summed E-state index contributed by atoms with van der Waals surface area (Å²) in [5.41, 5.74) is 7.62. The van der Waals surface area contributed by atoms with Gasteiger partial charge in [0, 0.05) is 30.7 Å². The summed E-state index contributed by atoms with van der Waals surface area (Å²) in [5.74, 6) is 1.52. The predicted octanol–water partition coefficient (Wildman–Crippen LogP) is 4.96. The second-order valence-electron chi connectivity index (χ2n) is 8.34. The summed E-state index contributed by atoms with van der Waals surface area (Å²) >= 11 is 0. The van der Waals surface area contributed by atoms with E-state index in [4.69, 9.17) is 14.5 Å². The Morgan fingerprint density at radius 1 is 0.871 bits per heavy atom. The van der Waals surface area contributed by atoms with E-state index >= 15 is 0 Å². The summed E-state index contributed by atoms with van der Waals surface area (Å²) in [6, 6.07) is 20.6. The number of ketones is 1. The molecule has 0 atom stereocenters. The van der Waals surface area contributed by atoms with Crippen molar-refractivity contribution in [3.05, 3.63) is 82.9 Å². The third-order valence-corrected chi connectivity index (χ3v) is 6.47. The van der Waals surface area contributed by atoms with Crippen LogP contribution in [0.5, 0.6) is 11.5 Å². The average molecular weight is 409 g/mol. The number of hydrogen-bond donors (Lipinski definition) is 0. The van der Waals surface area contributed by atoms with Crippen molar-refractivity contribution in [2.45, 2.75) is 25.2 Å². The lowest BCUT2D eigenvalue weighted by Crippen LogP contribution is -2.21. The Bertz CT molecular complexity index is 1180. The summed E-state index contributed by atoms with van der Waals surface area (Å²) < 4.78 is 11.8. The Kier molecular flexibility index (Phi) is 4.37. The molecule has 0 fully saturated rings. The Balaban J connectivity index is 1.35. The molecule has 4 nitrogen and oxygen atoms in total. The van der Waals surface area contributed by atoms with E-state index in [9.17, 15) is 4.79 Å². The zero-order chi connectivity index (χ0) is 20.8. The zero-order valence-corrected chi connectivity index (χ0v) is 17.3. The Morgan fingerprint density at radius 2 is 1.52 bits per heavy atom. The molecule has 0 aromatic heterocycles. The van der Waals surface area contributed by atoms with Crippen LogP contribution in [-0.2, 0) is 11.2 Å². The summed E-state index contributed by atoms with van der Waals surface area (Å²) in [6.45, 7) is 2.02. The van der Waals surface area contributed by atoms with Gasteiger partial charge in [-0.3, -0.25) is 9.79 Å². The molecule has 0 saturated heterocycles. The molecule has 3 aromatic rings. The SMILES string of the molecule is O=C(CC1=NCCc2cc3c(cc21)OCCCO3)C1c2ccccc2-c2ccccc21. The minimum atomic E-state index is -0.235. The number of carbonyl (C=O) groups excluding carboxylic acids is 1. The first-order valence-electron chi connectivity index (χ1n) is 11.0. The quantitative estimate of drug-likeness (QED) is 0.614. The van der Waals surface area contributed by atoms with Gasteiger partial charge in [0.05, 0.1) is 19.1 Å². The van der Waals surface area contributed by atoms with Gasteiger partial charge in [0.2, 0.25) is 0 Å². The number of rotatable bonds is 3. The van der Waals surface area contributed by atoms with E-state index in [1.807, 2.05) is 30.3 Å². The number of Topliss-reactive ketones (excluding diaryl/α,β-unsaturated/α-hetero) is 1. The maximum absolute atomic E-state index is 13.7. The van der Waals surface area contributed by atoms with Gasteiger partial charge >= 0.3 is 0 Å². The average Bonchev–Trinajstić information content (AvgIpc) is 2.96. The highest BCUT2D eigenvalue weighted by atomic mass is 16.5. The number of benzene rings is 3. The highest BCUT2D eigenvalue weighted by molar-refractivity contribution is 6.15. The lowest BCUT2D eigenvalue weighted by molar-refractivity contribution is -0.118. The smallest absolute Gasteiger partial charge is 0.161 e. The minimum Gasteiger partial charge on any atom is -0.490 e. The van der Waals surface area contributed by atoms with Gasteiger partial charge in [-0.2, -0.15) is 0 Å². The van der Waals surface area contributed by atoms with Crippen LogP contribution in [0.4, 0.5) is 0 Å². The minimum absolute atomic E-state index is 0.191.